The zero-order chi connectivity index (χ0) is 14.7. The number of rotatable bonds is 6. The Morgan fingerprint density at radius 2 is 2.33 bits per heavy atom. The number of benzene rings is 1. The molecule has 2 aromatic rings. The average molecular weight is 289 g/mol. The Balaban J connectivity index is 1.80. The van der Waals surface area contributed by atoms with Crippen LogP contribution in [0, 0.1) is 0 Å². The van der Waals surface area contributed by atoms with Gasteiger partial charge in [-0.05, 0) is 38.3 Å². The monoisotopic (exact) mass is 289 g/mol. The van der Waals surface area contributed by atoms with Crippen molar-refractivity contribution >= 4 is 17.0 Å². The summed E-state index contributed by atoms with van der Waals surface area (Å²) in [6.07, 6.45) is 3.31. The molecule has 1 saturated heterocycles. The fourth-order valence-corrected chi connectivity index (χ4v) is 2.82. The molecule has 0 spiro atoms. The van der Waals surface area contributed by atoms with Crippen molar-refractivity contribution in [2.45, 2.75) is 44.9 Å². The van der Waals surface area contributed by atoms with Gasteiger partial charge in [0.25, 0.3) is 0 Å². The number of hydrogen-bond acceptors (Lipinski definition) is 4. The van der Waals surface area contributed by atoms with E-state index in [1.807, 2.05) is 18.2 Å². The van der Waals surface area contributed by atoms with Crippen molar-refractivity contribution < 1.29 is 9.84 Å². The maximum atomic E-state index is 9.46. The highest BCUT2D eigenvalue weighted by atomic mass is 16.5. The SMILES string of the molecule is CC(O)CNc1nc2ccccc2n1CCC1CCCO1. The van der Waals surface area contributed by atoms with Gasteiger partial charge in [0.1, 0.15) is 0 Å². The predicted molar refractivity (Wildman–Crippen MR) is 83.5 cm³/mol. The lowest BCUT2D eigenvalue weighted by Crippen LogP contribution is -2.19. The summed E-state index contributed by atoms with van der Waals surface area (Å²) in [5, 5.41) is 12.7. The third kappa shape index (κ3) is 3.36. The Hall–Kier alpha value is -1.59. The number of ether oxygens (including phenoxy) is 1. The summed E-state index contributed by atoms with van der Waals surface area (Å²) < 4.78 is 7.90. The van der Waals surface area contributed by atoms with Crippen molar-refractivity contribution in [1.82, 2.24) is 9.55 Å². The molecule has 21 heavy (non-hydrogen) atoms. The van der Waals surface area contributed by atoms with Gasteiger partial charge in [-0.1, -0.05) is 12.1 Å². The van der Waals surface area contributed by atoms with E-state index in [4.69, 9.17) is 4.74 Å². The van der Waals surface area contributed by atoms with Gasteiger partial charge < -0.3 is 19.7 Å². The van der Waals surface area contributed by atoms with Gasteiger partial charge in [-0.15, -0.1) is 0 Å². The number of para-hydroxylation sites is 2. The van der Waals surface area contributed by atoms with Gasteiger partial charge in [0, 0.05) is 19.7 Å². The number of nitrogens with one attached hydrogen (secondary N) is 1. The Morgan fingerprint density at radius 3 is 3.10 bits per heavy atom. The lowest BCUT2D eigenvalue weighted by atomic mass is 10.2. The van der Waals surface area contributed by atoms with Crippen LogP contribution >= 0.6 is 0 Å². The number of fused-ring (bicyclic) bond motifs is 1. The van der Waals surface area contributed by atoms with Crippen LogP contribution < -0.4 is 5.32 Å². The van der Waals surface area contributed by atoms with Crippen molar-refractivity contribution in [3.8, 4) is 0 Å². The summed E-state index contributed by atoms with van der Waals surface area (Å²) in [5.41, 5.74) is 2.11. The van der Waals surface area contributed by atoms with Gasteiger partial charge in [0.15, 0.2) is 0 Å². The molecule has 0 bridgehead atoms. The molecule has 1 aliphatic heterocycles. The van der Waals surface area contributed by atoms with E-state index in [1.165, 1.54) is 6.42 Å². The first kappa shape index (κ1) is 14.4. The van der Waals surface area contributed by atoms with E-state index in [0.717, 1.165) is 43.0 Å². The molecule has 5 heteroatoms. The molecule has 2 unspecified atom stereocenters. The Morgan fingerprint density at radius 1 is 1.48 bits per heavy atom. The van der Waals surface area contributed by atoms with Crippen LogP contribution in [0.4, 0.5) is 5.95 Å². The first-order valence-electron chi connectivity index (χ1n) is 7.73. The molecule has 2 N–H and O–H groups in total. The summed E-state index contributed by atoms with van der Waals surface area (Å²) in [6.45, 7) is 4.05. The number of aromatic nitrogens is 2. The van der Waals surface area contributed by atoms with Crippen LogP contribution in [-0.4, -0.2) is 40.0 Å². The quantitative estimate of drug-likeness (QED) is 0.857. The molecule has 1 aromatic carbocycles. The Kier molecular flexibility index (Phi) is 4.41. The maximum absolute atomic E-state index is 9.46. The van der Waals surface area contributed by atoms with Crippen LogP contribution in [0.1, 0.15) is 26.2 Å². The van der Waals surface area contributed by atoms with Crippen LogP contribution in [0.5, 0.6) is 0 Å². The number of aliphatic hydroxyl groups is 1. The fraction of sp³-hybridized carbons (Fsp3) is 0.562. The number of hydrogen-bond donors (Lipinski definition) is 2. The second-order valence-electron chi connectivity index (χ2n) is 5.73. The molecule has 0 amide bonds. The number of imidazole rings is 1. The van der Waals surface area contributed by atoms with Crippen molar-refractivity contribution in [3.05, 3.63) is 24.3 Å². The summed E-state index contributed by atoms with van der Waals surface area (Å²) in [7, 11) is 0. The van der Waals surface area contributed by atoms with E-state index in [9.17, 15) is 5.11 Å². The van der Waals surface area contributed by atoms with Crippen LogP contribution in [-0.2, 0) is 11.3 Å². The van der Waals surface area contributed by atoms with E-state index < -0.39 is 6.10 Å². The van der Waals surface area contributed by atoms with E-state index in [-0.39, 0.29) is 0 Å². The molecular formula is C16H23N3O2. The predicted octanol–water partition coefficient (Wildman–Crippen LogP) is 2.40. The highest BCUT2D eigenvalue weighted by Gasteiger charge is 2.17. The maximum Gasteiger partial charge on any atom is 0.203 e. The summed E-state index contributed by atoms with van der Waals surface area (Å²) >= 11 is 0. The minimum Gasteiger partial charge on any atom is -0.392 e. The van der Waals surface area contributed by atoms with Crippen LogP contribution in [0.2, 0.25) is 0 Å². The lowest BCUT2D eigenvalue weighted by molar-refractivity contribution is 0.101. The molecule has 0 radical (unpaired) electrons. The smallest absolute Gasteiger partial charge is 0.203 e. The number of anilines is 1. The average Bonchev–Trinajstić information content (AvgIpc) is 3.10. The van der Waals surface area contributed by atoms with Crippen molar-refractivity contribution in [1.29, 1.82) is 0 Å². The zero-order valence-corrected chi connectivity index (χ0v) is 12.5. The normalized spacial score (nSPS) is 20.0. The molecule has 1 fully saturated rings. The summed E-state index contributed by atoms with van der Waals surface area (Å²) in [4.78, 5) is 4.63. The largest absolute Gasteiger partial charge is 0.392 e. The van der Waals surface area contributed by atoms with E-state index in [1.54, 1.807) is 6.92 Å². The van der Waals surface area contributed by atoms with Gasteiger partial charge in [-0.25, -0.2) is 4.98 Å². The lowest BCUT2D eigenvalue weighted by Gasteiger charge is -2.14. The van der Waals surface area contributed by atoms with E-state index in [0.29, 0.717) is 12.6 Å². The van der Waals surface area contributed by atoms with Crippen molar-refractivity contribution in [2.75, 3.05) is 18.5 Å². The number of aliphatic hydroxyl groups excluding tert-OH is 1. The van der Waals surface area contributed by atoms with Gasteiger partial charge in [-0.3, -0.25) is 0 Å². The fourth-order valence-electron chi connectivity index (χ4n) is 2.82. The van der Waals surface area contributed by atoms with Gasteiger partial charge >= 0.3 is 0 Å². The third-order valence-electron chi connectivity index (χ3n) is 3.91. The molecule has 5 nitrogen and oxygen atoms in total. The van der Waals surface area contributed by atoms with Crippen LogP contribution in [0.25, 0.3) is 11.0 Å². The minimum absolute atomic E-state index is 0.371. The molecule has 2 heterocycles. The minimum atomic E-state index is -0.392. The van der Waals surface area contributed by atoms with Gasteiger partial charge in [0.2, 0.25) is 5.95 Å². The van der Waals surface area contributed by atoms with Crippen molar-refractivity contribution in [3.63, 3.8) is 0 Å². The summed E-state index contributed by atoms with van der Waals surface area (Å²) in [5.74, 6) is 0.829. The molecule has 1 aliphatic rings. The standard InChI is InChI=1S/C16H23N3O2/c1-12(20)11-17-16-18-14-6-2-3-7-15(14)19(16)9-8-13-5-4-10-21-13/h2-3,6-7,12-13,20H,4-5,8-11H2,1H3,(H,17,18). The van der Waals surface area contributed by atoms with Crippen LogP contribution in [0.3, 0.4) is 0 Å². The summed E-state index contributed by atoms with van der Waals surface area (Å²) in [6, 6.07) is 8.14. The highest BCUT2D eigenvalue weighted by molar-refractivity contribution is 5.78. The molecule has 2 atom stereocenters. The highest BCUT2D eigenvalue weighted by Crippen LogP contribution is 2.22. The topological polar surface area (TPSA) is 59.3 Å². The molecule has 3 rings (SSSR count). The first-order valence-corrected chi connectivity index (χ1v) is 7.73. The second-order valence-corrected chi connectivity index (χ2v) is 5.73. The molecule has 0 aliphatic carbocycles. The third-order valence-corrected chi connectivity index (χ3v) is 3.91. The van der Waals surface area contributed by atoms with Gasteiger partial charge in [-0.2, -0.15) is 0 Å². The van der Waals surface area contributed by atoms with E-state index in [2.05, 4.69) is 20.9 Å². The molecular weight excluding hydrogens is 266 g/mol. The van der Waals surface area contributed by atoms with Crippen LogP contribution in [0.15, 0.2) is 24.3 Å². The Labute approximate surface area is 124 Å². The van der Waals surface area contributed by atoms with E-state index >= 15 is 0 Å². The molecule has 1 aromatic heterocycles. The zero-order valence-electron chi connectivity index (χ0n) is 12.5. The second kappa shape index (κ2) is 6.45. The molecule has 0 saturated carbocycles. The number of aryl methyl sites for hydroxylation is 1. The van der Waals surface area contributed by atoms with Crippen molar-refractivity contribution in [2.24, 2.45) is 0 Å². The molecule has 114 valence electrons. The van der Waals surface area contributed by atoms with Gasteiger partial charge in [0.05, 0.1) is 23.2 Å². The Bertz CT molecular complexity index is 588. The first-order chi connectivity index (χ1) is 10.2. The number of nitrogens with zero attached hydrogens (tertiary/aromatic N) is 2.